The van der Waals surface area contributed by atoms with Gasteiger partial charge in [-0.1, -0.05) is 43.7 Å². The van der Waals surface area contributed by atoms with E-state index in [-0.39, 0.29) is 0 Å². The number of thiophene rings is 2. The van der Waals surface area contributed by atoms with E-state index in [2.05, 4.69) is 60.8 Å². The predicted octanol–water partition coefficient (Wildman–Crippen LogP) is 7.68. The van der Waals surface area contributed by atoms with Crippen molar-refractivity contribution >= 4 is 42.8 Å². The molecule has 3 heterocycles. The van der Waals surface area contributed by atoms with Crippen molar-refractivity contribution in [1.29, 1.82) is 0 Å². The second kappa shape index (κ2) is 7.19. The van der Waals surface area contributed by atoms with Gasteiger partial charge in [0.25, 0.3) is 0 Å². The van der Waals surface area contributed by atoms with Gasteiger partial charge in [-0.3, -0.25) is 0 Å². The van der Waals surface area contributed by atoms with Crippen LogP contribution >= 0.6 is 22.7 Å². The Labute approximate surface area is 194 Å². The van der Waals surface area contributed by atoms with Crippen molar-refractivity contribution in [3.8, 4) is 5.75 Å². The van der Waals surface area contributed by atoms with Crippen LogP contribution in [0.4, 0.5) is 0 Å². The Morgan fingerprint density at radius 1 is 0.875 bits per heavy atom. The molecule has 0 unspecified atom stereocenters. The second-order valence-corrected chi connectivity index (χ2v) is 11.1. The fourth-order valence-electron chi connectivity index (χ4n) is 5.57. The van der Waals surface area contributed by atoms with Crippen molar-refractivity contribution in [2.45, 2.75) is 39.0 Å². The first kappa shape index (κ1) is 18.9. The van der Waals surface area contributed by atoms with Crippen molar-refractivity contribution < 1.29 is 4.74 Å². The maximum atomic E-state index is 5.69. The van der Waals surface area contributed by atoms with Gasteiger partial charge in [0, 0.05) is 41.9 Å². The van der Waals surface area contributed by atoms with Gasteiger partial charge in [0.2, 0.25) is 0 Å². The highest BCUT2D eigenvalue weighted by molar-refractivity contribution is 7.22. The monoisotopic (exact) mass is 452 g/mol. The van der Waals surface area contributed by atoms with Gasteiger partial charge in [0.05, 0.1) is 6.61 Å². The minimum absolute atomic E-state index is 0.829. The Bertz CT molecular complexity index is 1720. The van der Waals surface area contributed by atoms with E-state index < -0.39 is 0 Å². The van der Waals surface area contributed by atoms with Crippen LogP contribution in [-0.4, -0.2) is 6.61 Å². The summed E-state index contributed by atoms with van der Waals surface area (Å²) in [6, 6.07) is 18.5. The van der Waals surface area contributed by atoms with Crippen molar-refractivity contribution in [3.63, 3.8) is 0 Å². The van der Waals surface area contributed by atoms with Crippen LogP contribution < -0.4 is 4.74 Å². The van der Waals surface area contributed by atoms with Gasteiger partial charge in [0.1, 0.15) is 5.75 Å². The molecular weight excluding hydrogens is 428 g/mol. The molecule has 0 spiro atoms. The first-order valence-corrected chi connectivity index (χ1v) is 13.3. The molecule has 32 heavy (non-hydrogen) atoms. The molecule has 3 aromatic carbocycles. The molecule has 1 nitrogen and oxygen atoms in total. The highest BCUT2D eigenvalue weighted by atomic mass is 32.1. The molecule has 0 atom stereocenters. The molecule has 1 aliphatic heterocycles. The van der Waals surface area contributed by atoms with Crippen molar-refractivity contribution in [1.82, 2.24) is 0 Å². The molecule has 3 heteroatoms. The Balaban J connectivity index is 1.39. The first-order chi connectivity index (χ1) is 15.8. The van der Waals surface area contributed by atoms with Crippen molar-refractivity contribution in [3.05, 3.63) is 96.4 Å². The summed E-state index contributed by atoms with van der Waals surface area (Å²) < 4.78 is 8.66. The number of benzene rings is 3. The summed E-state index contributed by atoms with van der Waals surface area (Å²) in [5.74, 6) is 1.08. The molecule has 0 saturated heterocycles. The van der Waals surface area contributed by atoms with Crippen molar-refractivity contribution in [2.24, 2.45) is 0 Å². The molecule has 0 bridgehead atoms. The lowest BCUT2D eigenvalue weighted by Gasteiger charge is -2.13. The zero-order valence-corrected chi connectivity index (χ0v) is 19.8. The zero-order chi connectivity index (χ0) is 21.2. The summed E-state index contributed by atoms with van der Waals surface area (Å²) in [5.41, 5.74) is 4.28. The molecule has 158 valence electrons. The van der Waals surface area contributed by atoms with Crippen LogP contribution in [0, 0.1) is 20.9 Å². The standard InChI is InChI=1S/C29H24OS2/c1-2-4-20-16-23-28-22(12-14-31-28)26-25-18(5-3-6-21(25)27(26)29(23)32-20)9-7-17-8-10-24-19(15-17)11-13-30-24/h3,5-6,8,10,12,14-16H,2,4,7,9,11,13H2,1H3. The van der Waals surface area contributed by atoms with Gasteiger partial charge in [-0.25, -0.2) is 0 Å². The third kappa shape index (κ3) is 2.68. The number of ether oxygens (including phenoxy) is 1. The Kier molecular flexibility index (Phi) is 4.25. The smallest absolute Gasteiger partial charge is 0.122 e. The molecule has 1 aliphatic carbocycles. The van der Waals surface area contributed by atoms with E-state index in [0.717, 1.165) is 31.6 Å². The Morgan fingerprint density at radius 2 is 1.84 bits per heavy atom. The topological polar surface area (TPSA) is 9.23 Å². The summed E-state index contributed by atoms with van der Waals surface area (Å²) in [6.07, 6.45) is 5.59. The van der Waals surface area contributed by atoms with Gasteiger partial charge in [-0.2, -0.15) is 0 Å². The number of fused-ring (bicyclic) bond motifs is 8. The molecule has 2 aliphatic rings. The van der Waals surface area contributed by atoms with Gasteiger partial charge in [0.15, 0.2) is 0 Å². The SMILES string of the molecule is CCCc1cc2c(s1)c1c(c3ccsc32)=c2c(CCc3ccc4c(c3)CCO4)cccc2=1. The number of hydrogen-bond donors (Lipinski definition) is 0. The van der Waals surface area contributed by atoms with Crippen LogP contribution in [0.15, 0.2) is 53.9 Å². The van der Waals surface area contributed by atoms with Gasteiger partial charge in [-0.15, -0.1) is 22.7 Å². The van der Waals surface area contributed by atoms with Gasteiger partial charge >= 0.3 is 0 Å². The third-order valence-corrected chi connectivity index (χ3v) is 9.20. The number of rotatable bonds is 5. The van der Waals surface area contributed by atoms with Crippen LogP contribution in [0.25, 0.3) is 20.2 Å². The molecule has 2 aromatic heterocycles. The summed E-state index contributed by atoms with van der Waals surface area (Å²) in [5, 5.41) is 11.2. The summed E-state index contributed by atoms with van der Waals surface area (Å²) >= 11 is 3.92. The fraction of sp³-hybridized carbons (Fsp3) is 0.241. The average molecular weight is 453 g/mol. The lowest BCUT2D eigenvalue weighted by Crippen LogP contribution is -2.00. The first-order valence-electron chi connectivity index (χ1n) is 11.6. The van der Waals surface area contributed by atoms with E-state index in [1.807, 2.05) is 22.7 Å². The molecule has 0 saturated carbocycles. The maximum absolute atomic E-state index is 5.69. The quantitative estimate of drug-likeness (QED) is 0.261. The van der Waals surface area contributed by atoms with Crippen LogP contribution in [0.5, 0.6) is 5.75 Å². The lowest BCUT2D eigenvalue weighted by molar-refractivity contribution is 0.357. The van der Waals surface area contributed by atoms with E-state index in [1.165, 1.54) is 75.5 Å². The normalized spacial score (nSPS) is 13.7. The maximum Gasteiger partial charge on any atom is 0.122 e. The Hall–Kier alpha value is -2.62. The highest BCUT2D eigenvalue weighted by Crippen LogP contribution is 2.40. The summed E-state index contributed by atoms with van der Waals surface area (Å²) in [7, 11) is 0. The molecule has 0 amide bonds. The van der Waals surface area contributed by atoms with E-state index in [4.69, 9.17) is 4.74 Å². The highest BCUT2D eigenvalue weighted by Gasteiger charge is 2.18. The molecule has 7 rings (SSSR count). The molecule has 0 N–H and O–H groups in total. The van der Waals surface area contributed by atoms with Crippen LogP contribution in [0.3, 0.4) is 0 Å². The zero-order valence-electron chi connectivity index (χ0n) is 18.2. The van der Waals surface area contributed by atoms with Crippen LogP contribution in [0.1, 0.15) is 34.9 Å². The third-order valence-electron chi connectivity index (χ3n) is 7.04. The van der Waals surface area contributed by atoms with E-state index >= 15 is 0 Å². The lowest BCUT2D eigenvalue weighted by atomic mass is 9.91. The van der Waals surface area contributed by atoms with Crippen LogP contribution in [-0.2, 0) is 25.7 Å². The predicted molar refractivity (Wildman–Crippen MR) is 136 cm³/mol. The summed E-state index contributed by atoms with van der Waals surface area (Å²) in [4.78, 5) is 1.52. The van der Waals surface area contributed by atoms with Gasteiger partial charge < -0.3 is 4.74 Å². The van der Waals surface area contributed by atoms with E-state index in [0.29, 0.717) is 0 Å². The van der Waals surface area contributed by atoms with Crippen molar-refractivity contribution in [2.75, 3.05) is 6.61 Å². The van der Waals surface area contributed by atoms with E-state index in [1.54, 1.807) is 0 Å². The molecule has 5 aromatic rings. The van der Waals surface area contributed by atoms with E-state index in [9.17, 15) is 0 Å². The largest absolute Gasteiger partial charge is 0.493 e. The van der Waals surface area contributed by atoms with Gasteiger partial charge in [-0.05, 0) is 70.0 Å². The van der Waals surface area contributed by atoms with Crippen LogP contribution in [0.2, 0.25) is 0 Å². The minimum atomic E-state index is 0.829. The average Bonchev–Trinajstić information content (AvgIpc) is 3.53. The number of hydrogen-bond acceptors (Lipinski definition) is 3. The second-order valence-electron chi connectivity index (χ2n) is 9.00. The number of aryl methyl sites for hydroxylation is 3. The Morgan fingerprint density at radius 3 is 2.78 bits per heavy atom. The minimum Gasteiger partial charge on any atom is -0.493 e. The molecule has 0 radical (unpaired) electrons. The molecule has 0 fully saturated rings. The fourth-order valence-corrected chi connectivity index (χ4v) is 7.89. The molecular formula is C29H24OS2. The summed E-state index contributed by atoms with van der Waals surface area (Å²) in [6.45, 7) is 3.11.